The quantitative estimate of drug-likeness (QED) is 0.732. The summed E-state index contributed by atoms with van der Waals surface area (Å²) in [5.74, 6) is 0. The highest BCUT2D eigenvalue weighted by atomic mass is 16.5. The smallest absolute Gasteiger partial charge is 0.106 e. The fourth-order valence-electron chi connectivity index (χ4n) is 3.00. The molecule has 0 bridgehead atoms. The van der Waals surface area contributed by atoms with Gasteiger partial charge in [-0.25, -0.2) is 0 Å². The summed E-state index contributed by atoms with van der Waals surface area (Å²) in [7, 11) is 2.17. The van der Waals surface area contributed by atoms with E-state index >= 15 is 0 Å². The normalized spacial score (nSPS) is 26.3. The highest BCUT2D eigenvalue weighted by Gasteiger charge is 2.29. The topological polar surface area (TPSA) is 48.3 Å². The molecule has 0 amide bonds. The van der Waals surface area contributed by atoms with Crippen molar-refractivity contribution in [3.05, 3.63) is 0 Å². The molecule has 1 aliphatic heterocycles. The zero-order valence-electron chi connectivity index (χ0n) is 12.9. The Hall–Kier alpha value is -0.630. The minimum Gasteiger partial charge on any atom is -0.377 e. The number of rotatable bonds is 8. The van der Waals surface area contributed by atoms with Gasteiger partial charge in [0.05, 0.1) is 12.2 Å². The lowest BCUT2D eigenvalue weighted by Crippen LogP contribution is -2.44. The molecule has 0 aromatic rings. The molecule has 1 N–H and O–H groups in total. The van der Waals surface area contributed by atoms with Crippen LogP contribution in [0.2, 0.25) is 0 Å². The number of likely N-dealkylation sites (N-methyl/N-ethyl adjacent to an activating group) is 1. The maximum absolute atomic E-state index is 9.38. The first kappa shape index (κ1) is 16.4. The standard InChI is InChI=1S/C15H29N3O/c1-5-15(12-16,17-6-2)9-7-10-18(4)14-8-11-19-13(14)3/h13-14,17H,5-11H2,1-4H3. The van der Waals surface area contributed by atoms with Crippen LogP contribution in [0.3, 0.4) is 0 Å². The van der Waals surface area contributed by atoms with Crippen LogP contribution in [-0.2, 0) is 4.74 Å². The monoisotopic (exact) mass is 267 g/mol. The molecule has 0 radical (unpaired) electrons. The van der Waals surface area contributed by atoms with Gasteiger partial charge >= 0.3 is 0 Å². The van der Waals surface area contributed by atoms with Gasteiger partial charge in [-0.15, -0.1) is 0 Å². The second-order valence-corrected chi connectivity index (χ2v) is 5.59. The molecule has 19 heavy (non-hydrogen) atoms. The van der Waals surface area contributed by atoms with E-state index in [0.29, 0.717) is 12.1 Å². The second kappa shape index (κ2) is 7.84. The number of nitrogens with zero attached hydrogens (tertiary/aromatic N) is 2. The number of nitrogens with one attached hydrogen (secondary N) is 1. The van der Waals surface area contributed by atoms with E-state index in [4.69, 9.17) is 4.74 Å². The van der Waals surface area contributed by atoms with Crippen molar-refractivity contribution in [2.75, 3.05) is 26.7 Å². The van der Waals surface area contributed by atoms with Crippen molar-refractivity contribution < 1.29 is 4.74 Å². The molecule has 0 aliphatic carbocycles. The van der Waals surface area contributed by atoms with E-state index in [-0.39, 0.29) is 5.54 Å². The predicted octanol–water partition coefficient (Wildman–Crippen LogP) is 2.16. The van der Waals surface area contributed by atoms with Crippen molar-refractivity contribution in [2.45, 2.75) is 64.1 Å². The van der Waals surface area contributed by atoms with Gasteiger partial charge in [0.25, 0.3) is 0 Å². The van der Waals surface area contributed by atoms with E-state index in [1.54, 1.807) is 0 Å². The van der Waals surface area contributed by atoms with Gasteiger partial charge in [-0.05, 0) is 52.7 Å². The molecule has 0 saturated carbocycles. The Kier molecular flexibility index (Phi) is 6.78. The summed E-state index contributed by atoms with van der Waals surface area (Å²) < 4.78 is 5.61. The van der Waals surface area contributed by atoms with Crippen molar-refractivity contribution >= 4 is 0 Å². The Labute approximate surface area is 118 Å². The molecule has 1 fully saturated rings. The van der Waals surface area contributed by atoms with Crippen LogP contribution in [-0.4, -0.2) is 49.3 Å². The summed E-state index contributed by atoms with van der Waals surface area (Å²) in [4.78, 5) is 2.39. The van der Waals surface area contributed by atoms with E-state index in [1.165, 1.54) is 0 Å². The fraction of sp³-hybridized carbons (Fsp3) is 0.933. The number of nitriles is 1. The third kappa shape index (κ3) is 4.45. The minimum atomic E-state index is -0.340. The van der Waals surface area contributed by atoms with Gasteiger partial charge in [0, 0.05) is 12.6 Å². The van der Waals surface area contributed by atoms with E-state index in [9.17, 15) is 5.26 Å². The van der Waals surface area contributed by atoms with Gasteiger partial charge in [0.1, 0.15) is 5.54 Å². The molecule has 110 valence electrons. The summed E-state index contributed by atoms with van der Waals surface area (Å²) in [6, 6.07) is 3.00. The van der Waals surface area contributed by atoms with Crippen LogP contribution in [0.4, 0.5) is 0 Å². The lowest BCUT2D eigenvalue weighted by Gasteiger charge is -2.30. The van der Waals surface area contributed by atoms with E-state index in [1.807, 2.05) is 0 Å². The van der Waals surface area contributed by atoms with Crippen molar-refractivity contribution in [1.29, 1.82) is 5.26 Å². The van der Waals surface area contributed by atoms with E-state index in [0.717, 1.165) is 45.4 Å². The highest BCUT2D eigenvalue weighted by molar-refractivity contribution is 5.06. The van der Waals surface area contributed by atoms with E-state index < -0.39 is 0 Å². The average Bonchev–Trinajstić information content (AvgIpc) is 2.84. The van der Waals surface area contributed by atoms with Crippen LogP contribution in [0.25, 0.3) is 0 Å². The van der Waals surface area contributed by atoms with Gasteiger partial charge in [-0.3, -0.25) is 5.32 Å². The summed E-state index contributed by atoms with van der Waals surface area (Å²) in [6.07, 6.45) is 4.30. The first-order valence-electron chi connectivity index (χ1n) is 7.56. The summed E-state index contributed by atoms with van der Waals surface area (Å²) in [5, 5.41) is 12.7. The third-order valence-electron chi connectivity index (χ3n) is 4.35. The molecule has 1 heterocycles. The van der Waals surface area contributed by atoms with Gasteiger partial charge in [-0.2, -0.15) is 5.26 Å². The Balaban J connectivity index is 2.37. The van der Waals surface area contributed by atoms with Gasteiger partial charge in [0.15, 0.2) is 0 Å². The number of hydrogen-bond acceptors (Lipinski definition) is 4. The Bertz CT molecular complexity index is 302. The molecule has 1 rings (SSSR count). The molecule has 0 aromatic heterocycles. The fourth-order valence-corrected chi connectivity index (χ4v) is 3.00. The summed E-state index contributed by atoms with van der Waals surface area (Å²) >= 11 is 0. The largest absolute Gasteiger partial charge is 0.377 e. The van der Waals surface area contributed by atoms with Gasteiger partial charge < -0.3 is 9.64 Å². The van der Waals surface area contributed by atoms with Gasteiger partial charge in [-0.1, -0.05) is 13.8 Å². The molecule has 3 atom stereocenters. The Morgan fingerprint density at radius 2 is 2.21 bits per heavy atom. The summed E-state index contributed by atoms with van der Waals surface area (Å²) in [6.45, 7) is 9.06. The van der Waals surface area contributed by atoms with Crippen molar-refractivity contribution in [1.82, 2.24) is 10.2 Å². The van der Waals surface area contributed by atoms with Crippen molar-refractivity contribution in [3.63, 3.8) is 0 Å². The molecule has 0 spiro atoms. The number of ether oxygens (including phenoxy) is 1. The van der Waals surface area contributed by atoms with Gasteiger partial charge in [0.2, 0.25) is 0 Å². The molecular weight excluding hydrogens is 238 g/mol. The number of hydrogen-bond donors (Lipinski definition) is 1. The second-order valence-electron chi connectivity index (χ2n) is 5.59. The molecule has 4 nitrogen and oxygen atoms in total. The first-order chi connectivity index (χ1) is 9.08. The van der Waals surface area contributed by atoms with Crippen LogP contribution >= 0.6 is 0 Å². The zero-order chi connectivity index (χ0) is 14.3. The molecule has 1 saturated heterocycles. The Morgan fingerprint density at radius 3 is 2.68 bits per heavy atom. The molecule has 0 aromatic carbocycles. The lowest BCUT2D eigenvalue weighted by atomic mass is 9.91. The van der Waals surface area contributed by atoms with Crippen LogP contribution in [0.1, 0.15) is 46.5 Å². The predicted molar refractivity (Wildman–Crippen MR) is 78.0 cm³/mol. The van der Waals surface area contributed by atoms with Crippen LogP contribution in [0.5, 0.6) is 0 Å². The molecule has 1 aliphatic rings. The van der Waals surface area contributed by atoms with Crippen molar-refractivity contribution in [2.24, 2.45) is 0 Å². The summed E-state index contributed by atoms with van der Waals surface area (Å²) in [5.41, 5.74) is -0.340. The molecular formula is C15H29N3O. The van der Waals surface area contributed by atoms with Crippen LogP contribution < -0.4 is 5.32 Å². The third-order valence-corrected chi connectivity index (χ3v) is 4.35. The van der Waals surface area contributed by atoms with Crippen LogP contribution in [0.15, 0.2) is 0 Å². The molecule has 3 unspecified atom stereocenters. The minimum absolute atomic E-state index is 0.339. The van der Waals surface area contributed by atoms with Crippen molar-refractivity contribution in [3.8, 4) is 6.07 Å². The lowest BCUT2D eigenvalue weighted by molar-refractivity contribution is 0.0826. The van der Waals surface area contributed by atoms with E-state index in [2.05, 4.69) is 44.1 Å². The maximum Gasteiger partial charge on any atom is 0.106 e. The Morgan fingerprint density at radius 1 is 1.47 bits per heavy atom. The average molecular weight is 267 g/mol. The molecule has 4 heteroatoms. The SMILES string of the molecule is CCNC(C#N)(CC)CCCN(C)C1CCOC1C. The maximum atomic E-state index is 9.38. The van der Waals surface area contributed by atoms with Crippen LogP contribution in [0, 0.1) is 11.3 Å². The highest BCUT2D eigenvalue weighted by Crippen LogP contribution is 2.21. The first-order valence-corrected chi connectivity index (χ1v) is 7.56. The zero-order valence-corrected chi connectivity index (χ0v) is 12.9.